The third-order valence-corrected chi connectivity index (χ3v) is 2.73. The Hall–Kier alpha value is -1.32. The summed E-state index contributed by atoms with van der Waals surface area (Å²) < 4.78 is 1.93. The van der Waals surface area contributed by atoms with Crippen LogP contribution in [0.25, 0.3) is 11.1 Å². The van der Waals surface area contributed by atoms with Gasteiger partial charge in [-0.05, 0) is 25.0 Å². The standard InChI is InChI=1S/C13H17N3.ClH/c1-3-16-9-13(8-15-16)12-6-4-11(5-7-12)10(2)14;/h4-10H,3,14H2,1-2H3;1H. The molecule has 1 heterocycles. The Morgan fingerprint density at radius 2 is 1.88 bits per heavy atom. The summed E-state index contributed by atoms with van der Waals surface area (Å²) in [5.41, 5.74) is 9.31. The van der Waals surface area contributed by atoms with E-state index in [-0.39, 0.29) is 18.4 Å². The zero-order valence-corrected chi connectivity index (χ0v) is 10.9. The number of benzene rings is 1. The fourth-order valence-electron chi connectivity index (χ4n) is 1.66. The van der Waals surface area contributed by atoms with Crippen LogP contribution in [0.5, 0.6) is 0 Å². The van der Waals surface area contributed by atoms with Gasteiger partial charge in [0, 0.05) is 24.3 Å². The summed E-state index contributed by atoms with van der Waals surface area (Å²) in [6.45, 7) is 4.97. The van der Waals surface area contributed by atoms with Gasteiger partial charge in [-0.25, -0.2) is 0 Å². The molecule has 1 unspecified atom stereocenters. The van der Waals surface area contributed by atoms with Crippen molar-refractivity contribution in [3.63, 3.8) is 0 Å². The van der Waals surface area contributed by atoms with Crippen molar-refractivity contribution in [2.24, 2.45) is 5.73 Å². The van der Waals surface area contributed by atoms with Crippen LogP contribution in [0.15, 0.2) is 36.7 Å². The second-order valence-corrected chi connectivity index (χ2v) is 4.00. The van der Waals surface area contributed by atoms with E-state index < -0.39 is 0 Å². The van der Waals surface area contributed by atoms with Gasteiger partial charge in [-0.1, -0.05) is 24.3 Å². The number of rotatable bonds is 3. The maximum Gasteiger partial charge on any atom is 0.0568 e. The maximum absolute atomic E-state index is 5.81. The van der Waals surface area contributed by atoms with Gasteiger partial charge in [0.05, 0.1) is 6.20 Å². The highest BCUT2D eigenvalue weighted by atomic mass is 35.5. The summed E-state index contributed by atoms with van der Waals surface area (Å²) in [6.07, 6.45) is 3.95. The quantitative estimate of drug-likeness (QED) is 0.911. The molecule has 3 nitrogen and oxygen atoms in total. The van der Waals surface area contributed by atoms with Gasteiger partial charge < -0.3 is 5.73 Å². The Morgan fingerprint density at radius 3 is 2.35 bits per heavy atom. The minimum atomic E-state index is 0. The fourth-order valence-corrected chi connectivity index (χ4v) is 1.66. The number of halogens is 1. The highest BCUT2D eigenvalue weighted by Crippen LogP contribution is 2.20. The molecule has 0 spiro atoms. The first-order valence-electron chi connectivity index (χ1n) is 5.59. The van der Waals surface area contributed by atoms with Crippen molar-refractivity contribution in [1.29, 1.82) is 0 Å². The molecule has 92 valence electrons. The average molecular weight is 252 g/mol. The van der Waals surface area contributed by atoms with Crippen LogP contribution in [0, 0.1) is 0 Å². The zero-order chi connectivity index (χ0) is 11.5. The molecule has 1 aromatic heterocycles. The van der Waals surface area contributed by atoms with Gasteiger partial charge in [0.15, 0.2) is 0 Å². The lowest BCUT2D eigenvalue weighted by Gasteiger charge is -2.05. The number of aromatic nitrogens is 2. The summed E-state index contributed by atoms with van der Waals surface area (Å²) in [4.78, 5) is 0. The van der Waals surface area contributed by atoms with Crippen molar-refractivity contribution in [2.75, 3.05) is 0 Å². The van der Waals surface area contributed by atoms with Crippen molar-refractivity contribution in [3.05, 3.63) is 42.2 Å². The molecule has 0 saturated carbocycles. The molecule has 0 aliphatic heterocycles. The molecule has 0 bridgehead atoms. The van der Waals surface area contributed by atoms with E-state index >= 15 is 0 Å². The first kappa shape index (κ1) is 13.7. The second-order valence-electron chi connectivity index (χ2n) is 4.00. The van der Waals surface area contributed by atoms with Crippen LogP contribution in [0.2, 0.25) is 0 Å². The molecule has 0 fully saturated rings. The Kier molecular flexibility index (Phi) is 4.73. The van der Waals surface area contributed by atoms with Crippen molar-refractivity contribution in [3.8, 4) is 11.1 Å². The van der Waals surface area contributed by atoms with Crippen LogP contribution in [-0.2, 0) is 6.54 Å². The molecule has 2 aromatic rings. The van der Waals surface area contributed by atoms with Crippen LogP contribution in [0.3, 0.4) is 0 Å². The van der Waals surface area contributed by atoms with E-state index in [1.165, 1.54) is 5.56 Å². The minimum absolute atomic E-state index is 0. The Morgan fingerprint density at radius 1 is 1.24 bits per heavy atom. The molecule has 0 amide bonds. The highest BCUT2D eigenvalue weighted by molar-refractivity contribution is 5.85. The van der Waals surface area contributed by atoms with Crippen LogP contribution in [-0.4, -0.2) is 9.78 Å². The molecule has 0 aliphatic rings. The smallest absolute Gasteiger partial charge is 0.0568 e. The van der Waals surface area contributed by atoms with Crippen molar-refractivity contribution < 1.29 is 0 Å². The molecule has 2 N–H and O–H groups in total. The predicted octanol–water partition coefficient (Wildman–Crippen LogP) is 3.01. The monoisotopic (exact) mass is 251 g/mol. The Balaban J connectivity index is 0.00000144. The van der Waals surface area contributed by atoms with Crippen LogP contribution in [0.4, 0.5) is 0 Å². The highest BCUT2D eigenvalue weighted by Gasteiger charge is 2.02. The number of aryl methyl sites for hydroxylation is 1. The topological polar surface area (TPSA) is 43.8 Å². The minimum Gasteiger partial charge on any atom is -0.324 e. The molecule has 0 aliphatic carbocycles. The van der Waals surface area contributed by atoms with Crippen molar-refractivity contribution >= 4 is 12.4 Å². The Bertz CT molecular complexity index is 460. The van der Waals surface area contributed by atoms with E-state index in [0.717, 1.165) is 17.7 Å². The molecule has 1 atom stereocenters. The van der Waals surface area contributed by atoms with Gasteiger partial charge in [0.2, 0.25) is 0 Å². The van der Waals surface area contributed by atoms with Crippen LogP contribution >= 0.6 is 12.4 Å². The van der Waals surface area contributed by atoms with Gasteiger partial charge in [-0.15, -0.1) is 12.4 Å². The lowest BCUT2D eigenvalue weighted by atomic mass is 10.0. The van der Waals surface area contributed by atoms with E-state index in [1.54, 1.807) is 0 Å². The lowest BCUT2D eigenvalue weighted by Crippen LogP contribution is -2.04. The van der Waals surface area contributed by atoms with Gasteiger partial charge in [-0.2, -0.15) is 5.10 Å². The molecule has 2 rings (SSSR count). The fraction of sp³-hybridized carbons (Fsp3) is 0.308. The van der Waals surface area contributed by atoms with E-state index in [9.17, 15) is 0 Å². The molecular formula is C13H18ClN3. The average Bonchev–Trinajstić information content (AvgIpc) is 2.77. The van der Waals surface area contributed by atoms with Crippen molar-refractivity contribution in [1.82, 2.24) is 9.78 Å². The SMILES string of the molecule is CCn1cc(-c2ccc(C(C)N)cc2)cn1.Cl. The molecule has 4 heteroatoms. The summed E-state index contributed by atoms with van der Waals surface area (Å²) in [5, 5.41) is 4.26. The normalized spacial score (nSPS) is 11.9. The molecule has 0 saturated heterocycles. The third-order valence-electron chi connectivity index (χ3n) is 2.73. The number of hydrogen-bond acceptors (Lipinski definition) is 2. The van der Waals surface area contributed by atoms with Crippen LogP contribution < -0.4 is 5.73 Å². The maximum atomic E-state index is 5.81. The largest absolute Gasteiger partial charge is 0.324 e. The van der Waals surface area contributed by atoms with E-state index in [0.29, 0.717) is 0 Å². The second kappa shape index (κ2) is 5.84. The van der Waals surface area contributed by atoms with Gasteiger partial charge in [0.1, 0.15) is 0 Å². The van der Waals surface area contributed by atoms with Crippen molar-refractivity contribution in [2.45, 2.75) is 26.4 Å². The number of nitrogens with two attached hydrogens (primary N) is 1. The third kappa shape index (κ3) is 3.08. The van der Waals surface area contributed by atoms with Crippen LogP contribution in [0.1, 0.15) is 25.5 Å². The number of nitrogens with zero attached hydrogens (tertiary/aromatic N) is 2. The summed E-state index contributed by atoms with van der Waals surface area (Å²) in [5.74, 6) is 0. The van der Waals surface area contributed by atoms with E-state index in [1.807, 2.05) is 17.8 Å². The predicted molar refractivity (Wildman–Crippen MR) is 73.2 cm³/mol. The van der Waals surface area contributed by atoms with Gasteiger partial charge >= 0.3 is 0 Å². The summed E-state index contributed by atoms with van der Waals surface area (Å²) >= 11 is 0. The van der Waals surface area contributed by atoms with E-state index in [2.05, 4.69) is 42.5 Å². The number of hydrogen-bond donors (Lipinski definition) is 1. The molecular weight excluding hydrogens is 234 g/mol. The summed E-state index contributed by atoms with van der Waals surface area (Å²) in [6, 6.07) is 8.42. The van der Waals surface area contributed by atoms with Gasteiger partial charge in [-0.3, -0.25) is 4.68 Å². The summed E-state index contributed by atoms with van der Waals surface area (Å²) in [7, 11) is 0. The first-order chi connectivity index (χ1) is 7.70. The molecule has 1 aromatic carbocycles. The van der Waals surface area contributed by atoms with Gasteiger partial charge in [0.25, 0.3) is 0 Å². The van der Waals surface area contributed by atoms with E-state index in [4.69, 9.17) is 5.73 Å². The zero-order valence-electron chi connectivity index (χ0n) is 10.1. The Labute approximate surface area is 108 Å². The first-order valence-corrected chi connectivity index (χ1v) is 5.59. The lowest BCUT2D eigenvalue weighted by molar-refractivity contribution is 0.660. The molecule has 0 radical (unpaired) electrons. The molecule has 17 heavy (non-hydrogen) atoms.